The molecule has 1 aliphatic heterocycles. The average Bonchev–Trinajstić information content (AvgIpc) is 2.82. The van der Waals surface area contributed by atoms with Crippen LogP contribution in [0, 0.1) is 0 Å². The summed E-state index contributed by atoms with van der Waals surface area (Å²) >= 11 is 0. The molecule has 1 aromatic carbocycles. The molecular formula is C14H20O4. The van der Waals surface area contributed by atoms with Gasteiger partial charge in [0.1, 0.15) is 11.9 Å². The van der Waals surface area contributed by atoms with E-state index < -0.39 is 0 Å². The molecule has 0 aliphatic carbocycles. The van der Waals surface area contributed by atoms with E-state index >= 15 is 0 Å². The highest BCUT2D eigenvalue weighted by atomic mass is 16.5. The lowest BCUT2D eigenvalue weighted by Gasteiger charge is -2.13. The van der Waals surface area contributed by atoms with Crippen molar-refractivity contribution in [1.82, 2.24) is 0 Å². The van der Waals surface area contributed by atoms with Gasteiger partial charge in [0.2, 0.25) is 0 Å². The Kier molecular flexibility index (Phi) is 4.31. The van der Waals surface area contributed by atoms with E-state index in [1.54, 1.807) is 7.11 Å². The maximum Gasteiger partial charge on any atom is 0.168 e. The third kappa shape index (κ3) is 2.53. The van der Waals surface area contributed by atoms with Crippen molar-refractivity contribution in [1.29, 1.82) is 0 Å². The van der Waals surface area contributed by atoms with E-state index in [4.69, 9.17) is 14.2 Å². The van der Waals surface area contributed by atoms with Gasteiger partial charge in [-0.3, -0.25) is 0 Å². The number of hydrogen-bond donors (Lipinski definition) is 1. The largest absolute Gasteiger partial charge is 0.493 e. The fourth-order valence-electron chi connectivity index (χ4n) is 2.08. The first-order chi connectivity index (χ1) is 8.80. The molecule has 18 heavy (non-hydrogen) atoms. The number of methoxy groups -OCH3 is 1. The topological polar surface area (TPSA) is 47.9 Å². The molecule has 1 aromatic rings. The van der Waals surface area contributed by atoms with Gasteiger partial charge in [0.25, 0.3) is 0 Å². The van der Waals surface area contributed by atoms with Gasteiger partial charge in [0.05, 0.1) is 20.3 Å². The van der Waals surface area contributed by atoms with Crippen LogP contribution in [0.3, 0.4) is 0 Å². The summed E-state index contributed by atoms with van der Waals surface area (Å²) < 4.78 is 16.8. The fourth-order valence-corrected chi connectivity index (χ4v) is 2.08. The van der Waals surface area contributed by atoms with Gasteiger partial charge in [0, 0.05) is 12.0 Å². The smallest absolute Gasteiger partial charge is 0.168 e. The second-order valence-electron chi connectivity index (χ2n) is 4.40. The zero-order valence-corrected chi connectivity index (χ0v) is 10.9. The average molecular weight is 252 g/mol. The SMILES string of the molecule is CCCCOc1c(OC)ccc2c1CC(CO)O2. The van der Waals surface area contributed by atoms with Crippen LogP contribution < -0.4 is 14.2 Å². The Hall–Kier alpha value is -1.42. The highest BCUT2D eigenvalue weighted by molar-refractivity contribution is 5.55. The quantitative estimate of drug-likeness (QED) is 0.788. The van der Waals surface area contributed by atoms with Crippen molar-refractivity contribution >= 4 is 0 Å². The third-order valence-electron chi connectivity index (χ3n) is 3.07. The van der Waals surface area contributed by atoms with Gasteiger partial charge in [-0.1, -0.05) is 13.3 Å². The maximum absolute atomic E-state index is 9.17. The van der Waals surface area contributed by atoms with Crippen LogP contribution in [-0.2, 0) is 6.42 Å². The molecule has 4 nitrogen and oxygen atoms in total. The monoisotopic (exact) mass is 252 g/mol. The summed E-state index contributed by atoms with van der Waals surface area (Å²) in [5, 5.41) is 9.17. The summed E-state index contributed by atoms with van der Waals surface area (Å²) in [5.74, 6) is 2.28. The standard InChI is InChI=1S/C14H20O4/c1-3-4-7-17-14-11-8-10(9-15)18-12(11)5-6-13(14)16-2/h5-6,10,15H,3-4,7-9H2,1-2H3. The molecule has 0 amide bonds. The Balaban J connectivity index is 2.22. The van der Waals surface area contributed by atoms with Crippen LogP contribution in [0.4, 0.5) is 0 Å². The van der Waals surface area contributed by atoms with Crippen molar-refractivity contribution in [2.24, 2.45) is 0 Å². The summed E-state index contributed by atoms with van der Waals surface area (Å²) in [5.41, 5.74) is 1.00. The van der Waals surface area contributed by atoms with E-state index in [0.717, 1.165) is 35.7 Å². The lowest BCUT2D eigenvalue weighted by Crippen LogP contribution is -2.17. The minimum Gasteiger partial charge on any atom is -0.493 e. The van der Waals surface area contributed by atoms with Crippen LogP contribution in [0.2, 0.25) is 0 Å². The third-order valence-corrected chi connectivity index (χ3v) is 3.07. The molecule has 1 unspecified atom stereocenters. The lowest BCUT2D eigenvalue weighted by atomic mass is 10.1. The van der Waals surface area contributed by atoms with Crippen LogP contribution in [0.25, 0.3) is 0 Å². The van der Waals surface area contributed by atoms with E-state index in [-0.39, 0.29) is 12.7 Å². The van der Waals surface area contributed by atoms with E-state index in [9.17, 15) is 5.11 Å². The van der Waals surface area contributed by atoms with Crippen molar-refractivity contribution < 1.29 is 19.3 Å². The molecule has 1 heterocycles. The van der Waals surface area contributed by atoms with Gasteiger partial charge in [-0.05, 0) is 18.6 Å². The first-order valence-electron chi connectivity index (χ1n) is 6.40. The van der Waals surface area contributed by atoms with Crippen LogP contribution in [-0.4, -0.2) is 31.5 Å². The number of ether oxygens (including phenoxy) is 3. The van der Waals surface area contributed by atoms with Crippen molar-refractivity contribution in [2.45, 2.75) is 32.3 Å². The molecule has 0 radical (unpaired) electrons. The van der Waals surface area contributed by atoms with Gasteiger partial charge >= 0.3 is 0 Å². The number of aliphatic hydroxyl groups excluding tert-OH is 1. The number of aliphatic hydroxyl groups is 1. The second-order valence-corrected chi connectivity index (χ2v) is 4.40. The van der Waals surface area contributed by atoms with Gasteiger partial charge in [-0.15, -0.1) is 0 Å². The van der Waals surface area contributed by atoms with Crippen molar-refractivity contribution in [3.05, 3.63) is 17.7 Å². The Morgan fingerprint density at radius 3 is 2.94 bits per heavy atom. The lowest BCUT2D eigenvalue weighted by molar-refractivity contribution is 0.134. The van der Waals surface area contributed by atoms with E-state index in [1.807, 2.05) is 12.1 Å². The second kappa shape index (κ2) is 5.96. The zero-order valence-electron chi connectivity index (χ0n) is 10.9. The van der Waals surface area contributed by atoms with Crippen LogP contribution in [0.5, 0.6) is 17.2 Å². The van der Waals surface area contributed by atoms with E-state index in [0.29, 0.717) is 13.0 Å². The molecule has 0 saturated carbocycles. The molecule has 100 valence electrons. The fraction of sp³-hybridized carbons (Fsp3) is 0.571. The highest BCUT2D eigenvalue weighted by Crippen LogP contribution is 2.42. The zero-order chi connectivity index (χ0) is 13.0. The van der Waals surface area contributed by atoms with Gasteiger partial charge < -0.3 is 19.3 Å². The molecular weight excluding hydrogens is 232 g/mol. The number of fused-ring (bicyclic) bond motifs is 1. The summed E-state index contributed by atoms with van der Waals surface area (Å²) in [6.07, 6.45) is 2.61. The van der Waals surface area contributed by atoms with Gasteiger partial charge in [0.15, 0.2) is 11.5 Å². The molecule has 1 N–H and O–H groups in total. The first-order valence-corrected chi connectivity index (χ1v) is 6.40. The molecule has 4 heteroatoms. The highest BCUT2D eigenvalue weighted by Gasteiger charge is 2.27. The minimum atomic E-state index is -0.166. The molecule has 0 saturated heterocycles. The summed E-state index contributed by atoms with van der Waals surface area (Å²) in [4.78, 5) is 0. The molecule has 0 spiro atoms. The Morgan fingerprint density at radius 1 is 1.44 bits per heavy atom. The Labute approximate surface area is 107 Å². The molecule has 0 aromatic heterocycles. The molecule has 0 fully saturated rings. The number of hydrogen-bond acceptors (Lipinski definition) is 4. The normalized spacial score (nSPS) is 17.2. The Morgan fingerprint density at radius 2 is 2.28 bits per heavy atom. The predicted molar refractivity (Wildman–Crippen MR) is 68.6 cm³/mol. The summed E-state index contributed by atoms with van der Waals surface area (Å²) in [7, 11) is 1.63. The predicted octanol–water partition coefficient (Wildman–Crippen LogP) is 2.17. The minimum absolute atomic E-state index is 0.0192. The van der Waals surface area contributed by atoms with Crippen molar-refractivity contribution in [3.63, 3.8) is 0 Å². The van der Waals surface area contributed by atoms with E-state index in [1.165, 1.54) is 0 Å². The maximum atomic E-state index is 9.17. The van der Waals surface area contributed by atoms with E-state index in [2.05, 4.69) is 6.92 Å². The van der Waals surface area contributed by atoms with Crippen LogP contribution in [0.1, 0.15) is 25.3 Å². The van der Waals surface area contributed by atoms with Gasteiger partial charge in [-0.2, -0.15) is 0 Å². The number of benzene rings is 1. The van der Waals surface area contributed by atoms with Crippen molar-refractivity contribution in [3.8, 4) is 17.2 Å². The molecule has 0 bridgehead atoms. The van der Waals surface area contributed by atoms with Gasteiger partial charge in [-0.25, -0.2) is 0 Å². The first kappa shape index (κ1) is 13.0. The Bertz CT molecular complexity index is 403. The molecule has 1 atom stereocenters. The molecule has 2 rings (SSSR count). The molecule has 1 aliphatic rings. The number of unbranched alkanes of at least 4 members (excludes halogenated alkanes) is 1. The van der Waals surface area contributed by atoms with Crippen LogP contribution in [0.15, 0.2) is 12.1 Å². The summed E-state index contributed by atoms with van der Waals surface area (Å²) in [6, 6.07) is 3.72. The van der Waals surface area contributed by atoms with Crippen LogP contribution >= 0.6 is 0 Å². The summed E-state index contributed by atoms with van der Waals surface area (Å²) in [6.45, 7) is 2.82. The van der Waals surface area contributed by atoms with Crippen molar-refractivity contribution in [2.75, 3.05) is 20.3 Å². The number of rotatable bonds is 6.